The van der Waals surface area contributed by atoms with Gasteiger partial charge in [-0.15, -0.1) is 0 Å². The van der Waals surface area contributed by atoms with Crippen molar-refractivity contribution in [2.24, 2.45) is 5.84 Å². The van der Waals surface area contributed by atoms with Crippen LogP contribution in [0.4, 0.5) is 0 Å². The Morgan fingerprint density at radius 1 is 1.38 bits per heavy atom. The van der Waals surface area contributed by atoms with Gasteiger partial charge in [0.1, 0.15) is 0 Å². The van der Waals surface area contributed by atoms with E-state index in [-0.39, 0.29) is 17.9 Å². The maximum Gasteiger partial charge on any atom is 0.235 e. The lowest BCUT2D eigenvalue weighted by Gasteiger charge is -2.31. The lowest BCUT2D eigenvalue weighted by Crippen LogP contribution is -2.45. The second-order valence-electron chi connectivity index (χ2n) is 4.13. The third kappa shape index (κ3) is 4.59. The second-order valence-corrected chi connectivity index (χ2v) is 4.13. The van der Waals surface area contributed by atoms with Gasteiger partial charge in [-0.05, 0) is 12.8 Å². The van der Waals surface area contributed by atoms with Gasteiger partial charge in [-0.25, -0.2) is 5.84 Å². The maximum atomic E-state index is 10.9. The summed E-state index contributed by atoms with van der Waals surface area (Å²) >= 11 is 0. The summed E-state index contributed by atoms with van der Waals surface area (Å²) in [6.07, 6.45) is 2.33. The van der Waals surface area contributed by atoms with E-state index < -0.39 is 0 Å². The summed E-state index contributed by atoms with van der Waals surface area (Å²) in [7, 11) is 0. The number of hydrazine groups is 1. The Morgan fingerprint density at radius 3 is 2.50 bits per heavy atom. The van der Waals surface area contributed by atoms with Crippen molar-refractivity contribution in [1.82, 2.24) is 15.6 Å². The van der Waals surface area contributed by atoms with Gasteiger partial charge in [0.05, 0.1) is 0 Å². The van der Waals surface area contributed by atoms with Crippen LogP contribution in [0.25, 0.3) is 0 Å². The van der Waals surface area contributed by atoms with E-state index in [4.69, 9.17) is 5.84 Å². The van der Waals surface area contributed by atoms with Gasteiger partial charge in [-0.2, -0.15) is 0 Å². The molecule has 0 unspecified atom stereocenters. The van der Waals surface area contributed by atoms with E-state index in [9.17, 15) is 9.59 Å². The molecule has 4 N–H and O–H groups in total. The first-order valence-electron chi connectivity index (χ1n) is 5.60. The van der Waals surface area contributed by atoms with Crippen LogP contribution in [-0.4, -0.2) is 42.4 Å². The molecule has 16 heavy (non-hydrogen) atoms. The Morgan fingerprint density at radius 2 is 2.00 bits per heavy atom. The number of amides is 2. The quantitative estimate of drug-likeness (QED) is 0.326. The van der Waals surface area contributed by atoms with Crippen LogP contribution < -0.4 is 16.6 Å². The molecule has 0 spiro atoms. The smallest absolute Gasteiger partial charge is 0.235 e. The minimum Gasteiger partial charge on any atom is -0.354 e. The lowest BCUT2D eigenvalue weighted by molar-refractivity contribution is -0.121. The first kappa shape index (κ1) is 12.9. The molecule has 0 aliphatic carbocycles. The molecule has 1 fully saturated rings. The monoisotopic (exact) mass is 228 g/mol. The molecule has 92 valence electrons. The Bertz CT molecular complexity index is 249. The molecule has 0 saturated carbocycles. The van der Waals surface area contributed by atoms with Crippen molar-refractivity contribution in [1.29, 1.82) is 0 Å². The Hall–Kier alpha value is -1.14. The van der Waals surface area contributed by atoms with Gasteiger partial charge in [0, 0.05) is 39.0 Å². The zero-order valence-corrected chi connectivity index (χ0v) is 9.66. The summed E-state index contributed by atoms with van der Waals surface area (Å²) < 4.78 is 0. The molecule has 0 aromatic heterocycles. The molecule has 0 bridgehead atoms. The van der Waals surface area contributed by atoms with Crippen LogP contribution in [0.1, 0.15) is 26.2 Å². The number of hydrogen-bond acceptors (Lipinski definition) is 4. The van der Waals surface area contributed by atoms with Crippen molar-refractivity contribution in [2.75, 3.05) is 19.6 Å². The zero-order valence-electron chi connectivity index (χ0n) is 9.66. The van der Waals surface area contributed by atoms with E-state index in [0.717, 1.165) is 32.5 Å². The van der Waals surface area contributed by atoms with Crippen LogP contribution in [0.5, 0.6) is 0 Å². The fourth-order valence-electron chi connectivity index (χ4n) is 1.92. The second kappa shape index (κ2) is 6.44. The molecular weight excluding hydrogens is 208 g/mol. The van der Waals surface area contributed by atoms with E-state index in [1.54, 1.807) is 0 Å². The van der Waals surface area contributed by atoms with E-state index in [1.807, 2.05) is 0 Å². The van der Waals surface area contributed by atoms with Crippen molar-refractivity contribution >= 4 is 11.8 Å². The molecule has 0 radical (unpaired) electrons. The van der Waals surface area contributed by atoms with Crippen LogP contribution in [0.2, 0.25) is 0 Å². The topological polar surface area (TPSA) is 87.5 Å². The Labute approximate surface area is 95.5 Å². The zero-order chi connectivity index (χ0) is 12.0. The maximum absolute atomic E-state index is 10.9. The third-order valence-corrected chi connectivity index (χ3v) is 2.81. The van der Waals surface area contributed by atoms with Gasteiger partial charge in [-0.3, -0.25) is 15.0 Å². The summed E-state index contributed by atoms with van der Waals surface area (Å²) in [6.45, 7) is 4.11. The van der Waals surface area contributed by atoms with Gasteiger partial charge in [0.15, 0.2) is 0 Å². The van der Waals surface area contributed by atoms with Gasteiger partial charge in [-0.1, -0.05) is 0 Å². The van der Waals surface area contributed by atoms with Crippen molar-refractivity contribution < 1.29 is 9.59 Å². The number of carbonyl (C=O) groups is 2. The number of nitrogens with one attached hydrogen (secondary N) is 2. The molecule has 6 heteroatoms. The van der Waals surface area contributed by atoms with Crippen LogP contribution >= 0.6 is 0 Å². The molecule has 0 aromatic rings. The largest absolute Gasteiger partial charge is 0.354 e. The molecular formula is C10H20N4O2. The van der Waals surface area contributed by atoms with Crippen LogP contribution in [0.15, 0.2) is 0 Å². The van der Waals surface area contributed by atoms with Crippen LogP contribution in [0, 0.1) is 0 Å². The number of rotatable bonds is 4. The first-order chi connectivity index (χ1) is 7.61. The van der Waals surface area contributed by atoms with Gasteiger partial charge in [0.2, 0.25) is 11.8 Å². The van der Waals surface area contributed by atoms with Gasteiger partial charge >= 0.3 is 0 Å². The number of nitrogens with two attached hydrogens (primary N) is 1. The lowest BCUT2D eigenvalue weighted by atomic mass is 10.0. The highest BCUT2D eigenvalue weighted by Gasteiger charge is 2.19. The van der Waals surface area contributed by atoms with Gasteiger partial charge in [0.25, 0.3) is 0 Å². The molecule has 1 aliphatic heterocycles. The van der Waals surface area contributed by atoms with Crippen molar-refractivity contribution in [3.05, 3.63) is 0 Å². The number of piperidine rings is 1. The average molecular weight is 228 g/mol. The van der Waals surface area contributed by atoms with Gasteiger partial charge < -0.3 is 10.2 Å². The molecule has 0 aromatic carbocycles. The fourth-order valence-corrected chi connectivity index (χ4v) is 1.92. The predicted octanol–water partition coefficient (Wildman–Crippen LogP) is -1.03. The first-order valence-corrected chi connectivity index (χ1v) is 5.60. The molecule has 0 atom stereocenters. The van der Waals surface area contributed by atoms with E-state index in [1.165, 1.54) is 6.92 Å². The number of hydrogen-bond donors (Lipinski definition) is 3. The standard InChI is InChI=1S/C10H20N4O2/c1-8(15)12-9-2-5-14(6-3-9)7-4-10(16)13-11/h9H,2-7,11H2,1H3,(H,12,15)(H,13,16). The highest BCUT2D eigenvalue weighted by molar-refractivity contribution is 5.75. The predicted molar refractivity (Wildman–Crippen MR) is 60.2 cm³/mol. The van der Waals surface area contributed by atoms with E-state index in [0.29, 0.717) is 6.42 Å². The summed E-state index contributed by atoms with van der Waals surface area (Å²) in [5.41, 5.74) is 2.12. The molecule has 1 rings (SSSR count). The molecule has 6 nitrogen and oxygen atoms in total. The van der Waals surface area contributed by atoms with Crippen LogP contribution in [-0.2, 0) is 9.59 Å². The van der Waals surface area contributed by atoms with Crippen molar-refractivity contribution in [3.8, 4) is 0 Å². The molecule has 1 heterocycles. The minimum atomic E-state index is -0.135. The Balaban J connectivity index is 2.16. The fraction of sp³-hybridized carbons (Fsp3) is 0.800. The molecule has 2 amide bonds. The van der Waals surface area contributed by atoms with Crippen molar-refractivity contribution in [3.63, 3.8) is 0 Å². The summed E-state index contributed by atoms with van der Waals surface area (Å²) in [4.78, 5) is 24.0. The average Bonchev–Trinajstić information content (AvgIpc) is 2.27. The Kier molecular flexibility index (Phi) is 5.21. The summed E-state index contributed by atoms with van der Waals surface area (Å²) in [5, 5.41) is 2.91. The van der Waals surface area contributed by atoms with Crippen LogP contribution in [0.3, 0.4) is 0 Å². The molecule has 1 aliphatic rings. The van der Waals surface area contributed by atoms with E-state index in [2.05, 4.69) is 15.6 Å². The number of likely N-dealkylation sites (tertiary alicyclic amines) is 1. The summed E-state index contributed by atoms with van der Waals surface area (Å²) in [6, 6.07) is 0.289. The number of carbonyl (C=O) groups excluding carboxylic acids is 2. The normalized spacial score (nSPS) is 18.1. The SMILES string of the molecule is CC(=O)NC1CCN(CCC(=O)NN)CC1. The minimum absolute atomic E-state index is 0.0287. The highest BCUT2D eigenvalue weighted by Crippen LogP contribution is 2.10. The third-order valence-electron chi connectivity index (χ3n) is 2.81. The summed E-state index contributed by atoms with van der Waals surface area (Å²) in [5.74, 6) is 4.89. The van der Waals surface area contributed by atoms with Crippen molar-refractivity contribution in [2.45, 2.75) is 32.2 Å². The molecule has 1 saturated heterocycles. The highest BCUT2D eigenvalue weighted by atomic mass is 16.2. The number of nitrogens with zero attached hydrogens (tertiary/aromatic N) is 1. The van der Waals surface area contributed by atoms with E-state index >= 15 is 0 Å².